The van der Waals surface area contributed by atoms with Gasteiger partial charge in [0.2, 0.25) is 0 Å². The number of aryl methyl sites for hydroxylation is 1. The van der Waals surface area contributed by atoms with Gasteiger partial charge in [0.05, 0.1) is 13.2 Å². The summed E-state index contributed by atoms with van der Waals surface area (Å²) in [5.74, 6) is 0.897. The van der Waals surface area contributed by atoms with Crippen LogP contribution in [0.3, 0.4) is 0 Å². The van der Waals surface area contributed by atoms with Crippen LogP contribution in [0.15, 0.2) is 42.5 Å². The van der Waals surface area contributed by atoms with Crippen LogP contribution >= 0.6 is 0 Å². The first-order valence-electron chi connectivity index (χ1n) is 7.16. The van der Waals surface area contributed by atoms with Gasteiger partial charge in [-0.05, 0) is 54.9 Å². The molecule has 0 aliphatic rings. The third kappa shape index (κ3) is 3.37. The van der Waals surface area contributed by atoms with Crippen molar-refractivity contribution < 1.29 is 4.74 Å². The number of anilines is 1. The van der Waals surface area contributed by atoms with Crippen LogP contribution < -0.4 is 15.0 Å². The number of ether oxygens (including phenoxy) is 1. The average molecular weight is 284 g/mol. The summed E-state index contributed by atoms with van der Waals surface area (Å²) in [5.41, 5.74) is 4.97. The van der Waals surface area contributed by atoms with E-state index in [1.165, 1.54) is 22.4 Å². The van der Waals surface area contributed by atoms with Gasteiger partial charge in [-0.25, -0.2) is 0 Å². The molecule has 0 fully saturated rings. The summed E-state index contributed by atoms with van der Waals surface area (Å²) in [6.45, 7) is 2.12. The monoisotopic (exact) mass is 284 g/mol. The molecule has 3 nitrogen and oxygen atoms in total. The second-order valence-corrected chi connectivity index (χ2v) is 5.43. The van der Waals surface area contributed by atoms with E-state index in [1.54, 1.807) is 7.11 Å². The fourth-order valence-corrected chi connectivity index (χ4v) is 2.57. The van der Waals surface area contributed by atoms with E-state index in [1.807, 2.05) is 13.1 Å². The third-order valence-corrected chi connectivity index (χ3v) is 3.82. The van der Waals surface area contributed by atoms with Gasteiger partial charge >= 0.3 is 0 Å². The summed E-state index contributed by atoms with van der Waals surface area (Å²) < 4.78 is 5.29. The molecule has 2 aromatic rings. The van der Waals surface area contributed by atoms with E-state index in [0.29, 0.717) is 0 Å². The van der Waals surface area contributed by atoms with E-state index in [9.17, 15) is 0 Å². The van der Waals surface area contributed by atoms with Crippen LogP contribution in [0.1, 0.15) is 22.7 Å². The molecule has 0 saturated carbocycles. The van der Waals surface area contributed by atoms with Gasteiger partial charge in [0.1, 0.15) is 5.75 Å². The van der Waals surface area contributed by atoms with Crippen molar-refractivity contribution in [2.45, 2.75) is 13.0 Å². The molecule has 0 bridgehead atoms. The van der Waals surface area contributed by atoms with Crippen molar-refractivity contribution in [3.63, 3.8) is 0 Å². The molecular weight excluding hydrogens is 260 g/mol. The number of benzene rings is 2. The summed E-state index contributed by atoms with van der Waals surface area (Å²) in [6, 6.07) is 15.1. The molecule has 21 heavy (non-hydrogen) atoms. The van der Waals surface area contributed by atoms with Crippen molar-refractivity contribution in [2.75, 3.05) is 33.2 Å². The molecule has 1 atom stereocenters. The Morgan fingerprint density at radius 1 is 1.05 bits per heavy atom. The highest BCUT2D eigenvalue weighted by atomic mass is 16.5. The van der Waals surface area contributed by atoms with Gasteiger partial charge in [0.25, 0.3) is 0 Å². The van der Waals surface area contributed by atoms with Crippen LogP contribution in [0.5, 0.6) is 5.75 Å². The standard InChI is InChI=1S/C18H24N2O/c1-13-12-16(21-5)10-11-17(13)18(19-2)14-6-8-15(9-7-14)20(3)4/h6-12,18-19H,1-5H3. The second kappa shape index (κ2) is 6.64. The molecule has 0 aliphatic carbocycles. The average Bonchev–Trinajstić information content (AvgIpc) is 2.50. The lowest BCUT2D eigenvalue weighted by molar-refractivity contribution is 0.414. The Balaban J connectivity index is 2.35. The lowest BCUT2D eigenvalue weighted by atomic mass is 9.94. The lowest BCUT2D eigenvalue weighted by Crippen LogP contribution is -2.19. The summed E-state index contributed by atoms with van der Waals surface area (Å²) in [4.78, 5) is 2.11. The van der Waals surface area contributed by atoms with Crippen molar-refractivity contribution >= 4 is 5.69 Å². The predicted molar refractivity (Wildman–Crippen MR) is 89.4 cm³/mol. The topological polar surface area (TPSA) is 24.5 Å². The summed E-state index contributed by atoms with van der Waals surface area (Å²) in [5, 5.41) is 3.41. The van der Waals surface area contributed by atoms with Crippen LogP contribution in [0.2, 0.25) is 0 Å². The van der Waals surface area contributed by atoms with Gasteiger partial charge in [-0.3, -0.25) is 0 Å². The van der Waals surface area contributed by atoms with Gasteiger partial charge < -0.3 is 15.0 Å². The summed E-state index contributed by atoms with van der Waals surface area (Å²) in [7, 11) is 7.80. The fraction of sp³-hybridized carbons (Fsp3) is 0.333. The number of methoxy groups -OCH3 is 1. The number of nitrogens with zero attached hydrogens (tertiary/aromatic N) is 1. The Morgan fingerprint density at radius 2 is 1.71 bits per heavy atom. The smallest absolute Gasteiger partial charge is 0.119 e. The molecule has 0 spiro atoms. The molecule has 112 valence electrons. The number of hydrogen-bond acceptors (Lipinski definition) is 3. The first-order chi connectivity index (χ1) is 10.1. The number of nitrogens with one attached hydrogen (secondary N) is 1. The Kier molecular flexibility index (Phi) is 4.86. The van der Waals surface area contributed by atoms with Crippen molar-refractivity contribution in [3.05, 3.63) is 59.2 Å². The molecule has 0 amide bonds. The molecule has 1 N–H and O–H groups in total. The predicted octanol–water partition coefficient (Wildman–Crippen LogP) is 3.38. The minimum absolute atomic E-state index is 0.187. The molecule has 0 saturated heterocycles. The molecule has 1 unspecified atom stereocenters. The summed E-state index contributed by atoms with van der Waals surface area (Å²) >= 11 is 0. The van der Waals surface area contributed by atoms with Gasteiger partial charge in [0.15, 0.2) is 0 Å². The maximum atomic E-state index is 5.29. The summed E-state index contributed by atoms with van der Waals surface area (Å²) in [6.07, 6.45) is 0. The highest BCUT2D eigenvalue weighted by Gasteiger charge is 2.14. The molecule has 0 heterocycles. The number of rotatable bonds is 5. The van der Waals surface area contributed by atoms with Gasteiger partial charge in [-0.1, -0.05) is 18.2 Å². The first-order valence-corrected chi connectivity index (χ1v) is 7.16. The minimum atomic E-state index is 0.187. The molecule has 3 heteroatoms. The van der Waals surface area contributed by atoms with Crippen LogP contribution in [0.25, 0.3) is 0 Å². The molecule has 0 radical (unpaired) electrons. The normalized spacial score (nSPS) is 12.0. The molecule has 0 aliphatic heterocycles. The number of hydrogen-bond donors (Lipinski definition) is 1. The van der Waals surface area contributed by atoms with E-state index in [0.717, 1.165) is 5.75 Å². The van der Waals surface area contributed by atoms with Crippen molar-refractivity contribution in [2.24, 2.45) is 0 Å². The van der Waals surface area contributed by atoms with E-state index >= 15 is 0 Å². The largest absolute Gasteiger partial charge is 0.497 e. The maximum absolute atomic E-state index is 5.29. The van der Waals surface area contributed by atoms with Gasteiger partial charge in [-0.2, -0.15) is 0 Å². The highest BCUT2D eigenvalue weighted by Crippen LogP contribution is 2.28. The highest BCUT2D eigenvalue weighted by molar-refractivity contribution is 5.48. The van der Waals surface area contributed by atoms with E-state index in [4.69, 9.17) is 4.74 Å². The van der Waals surface area contributed by atoms with E-state index in [-0.39, 0.29) is 6.04 Å². The van der Waals surface area contributed by atoms with Gasteiger partial charge in [-0.15, -0.1) is 0 Å². The zero-order valence-electron chi connectivity index (χ0n) is 13.5. The zero-order valence-corrected chi connectivity index (χ0v) is 13.5. The van der Waals surface area contributed by atoms with Crippen molar-refractivity contribution in [3.8, 4) is 5.75 Å². The zero-order chi connectivity index (χ0) is 15.4. The fourth-order valence-electron chi connectivity index (χ4n) is 2.57. The van der Waals surface area contributed by atoms with Crippen LogP contribution in [0.4, 0.5) is 5.69 Å². The molecular formula is C18H24N2O. The Morgan fingerprint density at radius 3 is 2.19 bits per heavy atom. The SMILES string of the molecule is CNC(c1ccc(N(C)C)cc1)c1ccc(OC)cc1C. The Labute approximate surface area is 127 Å². The lowest BCUT2D eigenvalue weighted by Gasteiger charge is -2.21. The third-order valence-electron chi connectivity index (χ3n) is 3.82. The quantitative estimate of drug-likeness (QED) is 0.911. The minimum Gasteiger partial charge on any atom is -0.497 e. The molecule has 2 aromatic carbocycles. The van der Waals surface area contributed by atoms with E-state index in [2.05, 4.69) is 67.6 Å². The molecule has 0 aromatic heterocycles. The second-order valence-electron chi connectivity index (χ2n) is 5.43. The Hall–Kier alpha value is -2.00. The van der Waals surface area contributed by atoms with Crippen LogP contribution in [0, 0.1) is 6.92 Å². The first kappa shape index (κ1) is 15.4. The Bertz CT molecular complexity index is 591. The maximum Gasteiger partial charge on any atom is 0.119 e. The van der Waals surface area contributed by atoms with E-state index < -0.39 is 0 Å². The van der Waals surface area contributed by atoms with Crippen LogP contribution in [-0.2, 0) is 0 Å². The van der Waals surface area contributed by atoms with Crippen molar-refractivity contribution in [1.82, 2.24) is 5.32 Å². The van der Waals surface area contributed by atoms with Gasteiger partial charge in [0, 0.05) is 19.8 Å². The molecule has 2 rings (SSSR count). The van der Waals surface area contributed by atoms with Crippen LogP contribution in [-0.4, -0.2) is 28.3 Å². The van der Waals surface area contributed by atoms with Crippen molar-refractivity contribution in [1.29, 1.82) is 0 Å².